The van der Waals surface area contributed by atoms with Crippen molar-refractivity contribution in [2.45, 2.75) is 0 Å². The van der Waals surface area contributed by atoms with E-state index in [0.717, 1.165) is 15.4 Å². The third kappa shape index (κ3) is 2.06. The summed E-state index contributed by atoms with van der Waals surface area (Å²) in [6.45, 7) is 0. The number of H-pyrrole nitrogens is 1. The van der Waals surface area contributed by atoms with Crippen LogP contribution in [0.3, 0.4) is 0 Å². The first-order valence-electron chi connectivity index (χ1n) is 6.39. The average molecular weight is 341 g/mol. The molecule has 0 atom stereocenters. The van der Waals surface area contributed by atoms with Crippen LogP contribution in [0.1, 0.15) is 0 Å². The number of halogens is 1. The van der Waals surface area contributed by atoms with Crippen LogP contribution in [-0.2, 0) is 0 Å². The van der Waals surface area contributed by atoms with Gasteiger partial charge in [0, 0.05) is 9.86 Å². The fourth-order valence-corrected chi connectivity index (χ4v) is 2.68. The monoisotopic (exact) mass is 340 g/mol. The molecule has 102 valence electrons. The van der Waals surface area contributed by atoms with E-state index in [2.05, 4.69) is 25.9 Å². The molecule has 0 unspecified atom stereocenters. The van der Waals surface area contributed by atoms with Crippen LogP contribution in [0.25, 0.3) is 33.5 Å². The summed E-state index contributed by atoms with van der Waals surface area (Å²) in [6.07, 6.45) is 0. The van der Waals surface area contributed by atoms with E-state index in [4.69, 9.17) is 4.42 Å². The molecule has 0 saturated carbocycles. The molecule has 5 heteroatoms. The van der Waals surface area contributed by atoms with Gasteiger partial charge >= 0.3 is 0 Å². The van der Waals surface area contributed by atoms with Crippen molar-refractivity contribution in [3.8, 4) is 11.6 Å². The lowest BCUT2D eigenvalue weighted by atomic mass is 10.2. The molecule has 0 amide bonds. The molecule has 1 N–H and O–H groups in total. The average Bonchev–Trinajstić information content (AvgIpc) is 2.90. The number of furan rings is 1. The predicted molar refractivity (Wildman–Crippen MR) is 85.3 cm³/mol. The zero-order valence-electron chi connectivity index (χ0n) is 10.8. The lowest BCUT2D eigenvalue weighted by Crippen LogP contribution is -2.09. The number of aromatic amines is 1. The molecule has 0 aliphatic carbocycles. The maximum atomic E-state index is 12.1. The Bertz CT molecular complexity index is 1000. The van der Waals surface area contributed by atoms with Gasteiger partial charge in [0.2, 0.25) is 0 Å². The second-order valence-electron chi connectivity index (χ2n) is 4.72. The number of nitrogens with zero attached hydrogens (tertiary/aromatic N) is 1. The maximum Gasteiger partial charge on any atom is 0.259 e. The Labute approximate surface area is 127 Å². The van der Waals surface area contributed by atoms with Crippen molar-refractivity contribution in [3.63, 3.8) is 0 Å². The number of nitrogens with one attached hydrogen (secondary N) is 1. The third-order valence-electron chi connectivity index (χ3n) is 3.33. The smallest absolute Gasteiger partial charge is 0.259 e. The molecule has 0 saturated heterocycles. The van der Waals surface area contributed by atoms with E-state index < -0.39 is 0 Å². The summed E-state index contributed by atoms with van der Waals surface area (Å²) < 4.78 is 6.62. The number of hydrogen-bond acceptors (Lipinski definition) is 3. The number of hydrogen-bond donors (Lipinski definition) is 1. The molecule has 0 aliphatic rings. The van der Waals surface area contributed by atoms with Crippen molar-refractivity contribution in [1.82, 2.24) is 9.97 Å². The summed E-state index contributed by atoms with van der Waals surface area (Å²) in [5.74, 6) is 0.983. The fourth-order valence-electron chi connectivity index (χ4n) is 2.33. The maximum absolute atomic E-state index is 12.1. The zero-order valence-corrected chi connectivity index (χ0v) is 12.3. The molecule has 0 radical (unpaired) electrons. The van der Waals surface area contributed by atoms with Crippen molar-refractivity contribution in [3.05, 3.63) is 63.4 Å². The Morgan fingerprint density at radius 2 is 1.95 bits per heavy atom. The van der Waals surface area contributed by atoms with Gasteiger partial charge in [0.05, 0.1) is 10.9 Å². The van der Waals surface area contributed by atoms with E-state index in [1.807, 2.05) is 42.5 Å². The molecule has 4 aromatic rings. The largest absolute Gasteiger partial charge is 0.453 e. The van der Waals surface area contributed by atoms with Gasteiger partial charge in [-0.2, -0.15) is 0 Å². The zero-order chi connectivity index (χ0) is 14.4. The normalized spacial score (nSPS) is 11.3. The minimum Gasteiger partial charge on any atom is -0.453 e. The topological polar surface area (TPSA) is 58.9 Å². The summed E-state index contributed by atoms with van der Waals surface area (Å²) >= 11 is 3.39. The number of fused-ring (bicyclic) bond motifs is 2. The van der Waals surface area contributed by atoms with Crippen LogP contribution in [0.5, 0.6) is 0 Å². The number of aromatic nitrogens is 2. The molecule has 0 spiro atoms. The van der Waals surface area contributed by atoms with E-state index in [1.54, 1.807) is 6.07 Å². The van der Waals surface area contributed by atoms with Crippen LogP contribution in [0.2, 0.25) is 0 Å². The van der Waals surface area contributed by atoms with Crippen LogP contribution in [0.4, 0.5) is 0 Å². The SMILES string of the molecule is O=c1[nH]c(-c2cc3ccccc3o2)nc2cc(Br)ccc12. The highest BCUT2D eigenvalue weighted by atomic mass is 79.9. The van der Waals surface area contributed by atoms with Gasteiger partial charge in [-0.3, -0.25) is 4.79 Å². The first-order valence-corrected chi connectivity index (χ1v) is 7.18. The summed E-state index contributed by atoms with van der Waals surface area (Å²) in [5, 5.41) is 1.53. The number of benzene rings is 2. The summed E-state index contributed by atoms with van der Waals surface area (Å²) in [7, 11) is 0. The molecule has 2 aromatic heterocycles. The molecule has 0 fully saturated rings. The van der Waals surface area contributed by atoms with E-state index in [9.17, 15) is 4.79 Å². The first-order chi connectivity index (χ1) is 10.2. The van der Waals surface area contributed by atoms with Gasteiger partial charge < -0.3 is 9.40 Å². The second kappa shape index (κ2) is 4.56. The Morgan fingerprint density at radius 1 is 1.10 bits per heavy atom. The van der Waals surface area contributed by atoms with Crippen molar-refractivity contribution < 1.29 is 4.42 Å². The Kier molecular flexibility index (Phi) is 2.68. The summed E-state index contributed by atoms with van der Waals surface area (Å²) in [6, 6.07) is 14.9. The molecule has 4 nitrogen and oxygen atoms in total. The highest BCUT2D eigenvalue weighted by Crippen LogP contribution is 2.26. The Hall–Kier alpha value is -2.40. The lowest BCUT2D eigenvalue weighted by molar-refractivity contribution is 0.625. The fraction of sp³-hybridized carbons (Fsp3) is 0. The standard InChI is InChI=1S/C16H9BrN2O2/c17-10-5-6-11-12(8-10)18-15(19-16(11)20)14-7-9-3-1-2-4-13(9)21-14/h1-8H,(H,18,19,20). The molecule has 0 aliphatic heterocycles. The van der Waals surface area contributed by atoms with E-state index in [1.165, 1.54) is 0 Å². The molecule has 4 rings (SSSR count). The minimum absolute atomic E-state index is 0.178. The van der Waals surface area contributed by atoms with Crippen molar-refractivity contribution in [2.75, 3.05) is 0 Å². The highest BCUT2D eigenvalue weighted by Gasteiger charge is 2.10. The van der Waals surface area contributed by atoms with Crippen LogP contribution < -0.4 is 5.56 Å². The van der Waals surface area contributed by atoms with Crippen LogP contribution in [0, 0.1) is 0 Å². The van der Waals surface area contributed by atoms with Gasteiger partial charge in [-0.05, 0) is 30.3 Å². The minimum atomic E-state index is -0.178. The van der Waals surface area contributed by atoms with Gasteiger partial charge in [0.25, 0.3) is 5.56 Å². The van der Waals surface area contributed by atoms with Crippen molar-refractivity contribution in [1.29, 1.82) is 0 Å². The van der Waals surface area contributed by atoms with Gasteiger partial charge in [0.15, 0.2) is 11.6 Å². The van der Waals surface area contributed by atoms with Gasteiger partial charge in [0.1, 0.15) is 5.58 Å². The quantitative estimate of drug-likeness (QED) is 0.567. The van der Waals surface area contributed by atoms with Gasteiger partial charge in [-0.25, -0.2) is 4.98 Å². The van der Waals surface area contributed by atoms with E-state index in [0.29, 0.717) is 22.5 Å². The molecule has 21 heavy (non-hydrogen) atoms. The first kappa shape index (κ1) is 12.3. The Morgan fingerprint density at radius 3 is 2.81 bits per heavy atom. The van der Waals surface area contributed by atoms with Crippen LogP contribution >= 0.6 is 15.9 Å². The molecular weight excluding hydrogens is 332 g/mol. The third-order valence-corrected chi connectivity index (χ3v) is 3.82. The highest BCUT2D eigenvalue weighted by molar-refractivity contribution is 9.10. The number of para-hydroxylation sites is 1. The summed E-state index contributed by atoms with van der Waals surface area (Å²) in [4.78, 5) is 19.4. The second-order valence-corrected chi connectivity index (χ2v) is 5.64. The Balaban J connectivity index is 1.99. The van der Waals surface area contributed by atoms with Crippen molar-refractivity contribution in [2.24, 2.45) is 0 Å². The molecule has 2 heterocycles. The van der Waals surface area contributed by atoms with E-state index >= 15 is 0 Å². The molecule has 2 aromatic carbocycles. The lowest BCUT2D eigenvalue weighted by Gasteiger charge is -2.00. The number of rotatable bonds is 1. The predicted octanol–water partition coefficient (Wildman–Crippen LogP) is 4.10. The van der Waals surface area contributed by atoms with Crippen molar-refractivity contribution >= 4 is 37.8 Å². The van der Waals surface area contributed by atoms with Crippen LogP contribution in [0.15, 0.2) is 62.2 Å². The summed E-state index contributed by atoms with van der Waals surface area (Å²) in [5.41, 5.74) is 1.22. The molecule has 0 bridgehead atoms. The van der Waals surface area contributed by atoms with Gasteiger partial charge in [-0.15, -0.1) is 0 Å². The van der Waals surface area contributed by atoms with Gasteiger partial charge in [-0.1, -0.05) is 34.1 Å². The van der Waals surface area contributed by atoms with E-state index in [-0.39, 0.29) is 5.56 Å². The van der Waals surface area contributed by atoms with Crippen LogP contribution in [-0.4, -0.2) is 9.97 Å². The molecular formula is C16H9BrN2O2.